The molecule has 1 fully saturated rings. The van der Waals surface area contributed by atoms with Crippen LogP contribution in [0.3, 0.4) is 0 Å². The van der Waals surface area contributed by atoms with Crippen LogP contribution in [0.15, 0.2) is 18.2 Å². The second-order valence-electron chi connectivity index (χ2n) is 4.54. The highest BCUT2D eigenvalue weighted by Gasteiger charge is 2.45. The first kappa shape index (κ1) is 9.49. The Hall–Kier alpha value is -0.730. The lowest BCUT2D eigenvalue weighted by atomic mass is 9.73. The van der Waals surface area contributed by atoms with Crippen LogP contribution in [0.2, 0.25) is 5.02 Å². The van der Waals surface area contributed by atoms with E-state index in [0.717, 1.165) is 30.6 Å². The largest absolute Gasteiger partial charge is 0.487 e. The van der Waals surface area contributed by atoms with Gasteiger partial charge in [-0.25, -0.2) is 0 Å². The molecule has 1 heterocycles. The number of halogens is 1. The van der Waals surface area contributed by atoms with Gasteiger partial charge in [0.15, 0.2) is 0 Å². The van der Waals surface area contributed by atoms with Crippen LogP contribution in [-0.4, -0.2) is 10.7 Å². The van der Waals surface area contributed by atoms with Crippen LogP contribution in [0.5, 0.6) is 5.75 Å². The van der Waals surface area contributed by atoms with E-state index in [9.17, 15) is 5.11 Å². The van der Waals surface area contributed by atoms with Crippen LogP contribution in [-0.2, 0) is 0 Å². The fraction of sp³-hybridized carbons (Fsp3) is 0.500. The fourth-order valence-electron chi connectivity index (χ4n) is 2.49. The summed E-state index contributed by atoms with van der Waals surface area (Å²) >= 11 is 5.92. The Morgan fingerprint density at radius 3 is 2.87 bits per heavy atom. The minimum Gasteiger partial charge on any atom is -0.487 e. The molecule has 0 aromatic heterocycles. The van der Waals surface area contributed by atoms with Crippen LogP contribution in [0.25, 0.3) is 0 Å². The Labute approximate surface area is 93.8 Å². The number of hydrogen-bond donors (Lipinski definition) is 1. The predicted molar refractivity (Wildman–Crippen MR) is 58.2 cm³/mol. The van der Waals surface area contributed by atoms with Crippen molar-refractivity contribution in [2.24, 2.45) is 0 Å². The van der Waals surface area contributed by atoms with Gasteiger partial charge in [0.2, 0.25) is 0 Å². The first-order valence-corrected chi connectivity index (χ1v) is 5.73. The van der Waals surface area contributed by atoms with E-state index < -0.39 is 6.10 Å². The first-order valence-electron chi connectivity index (χ1n) is 5.35. The van der Waals surface area contributed by atoms with Crippen molar-refractivity contribution in [2.75, 3.05) is 0 Å². The van der Waals surface area contributed by atoms with Crippen molar-refractivity contribution < 1.29 is 9.84 Å². The van der Waals surface area contributed by atoms with Gasteiger partial charge in [0.1, 0.15) is 11.4 Å². The number of aliphatic hydroxyl groups excluding tert-OH is 1. The standard InChI is InChI=1S/C12H13ClO2/c13-8-2-3-9-10(14)7-12(4-1-5-12)15-11(9)6-8/h2-3,6,10,14H,1,4-5,7H2. The van der Waals surface area contributed by atoms with Gasteiger partial charge in [-0.05, 0) is 31.4 Å². The van der Waals surface area contributed by atoms with Crippen LogP contribution < -0.4 is 4.74 Å². The molecule has 1 aliphatic heterocycles. The molecule has 1 N–H and O–H groups in total. The van der Waals surface area contributed by atoms with E-state index in [4.69, 9.17) is 16.3 Å². The van der Waals surface area contributed by atoms with Gasteiger partial charge in [-0.1, -0.05) is 17.7 Å². The quantitative estimate of drug-likeness (QED) is 0.734. The third kappa shape index (κ3) is 1.44. The highest BCUT2D eigenvalue weighted by atomic mass is 35.5. The summed E-state index contributed by atoms with van der Waals surface area (Å²) in [6, 6.07) is 5.46. The fourth-order valence-corrected chi connectivity index (χ4v) is 2.65. The topological polar surface area (TPSA) is 29.5 Å². The normalized spacial score (nSPS) is 26.7. The summed E-state index contributed by atoms with van der Waals surface area (Å²) in [5.41, 5.74) is 0.772. The van der Waals surface area contributed by atoms with Gasteiger partial charge in [-0.15, -0.1) is 0 Å². The molecule has 1 spiro atoms. The summed E-state index contributed by atoms with van der Waals surface area (Å²) in [5.74, 6) is 0.765. The highest BCUT2D eigenvalue weighted by Crippen LogP contribution is 2.49. The Bertz CT molecular complexity index is 399. The Kier molecular flexibility index (Phi) is 1.98. The van der Waals surface area contributed by atoms with Gasteiger partial charge in [-0.3, -0.25) is 0 Å². The molecule has 1 aliphatic carbocycles. The molecule has 3 rings (SSSR count). The molecule has 15 heavy (non-hydrogen) atoms. The van der Waals surface area contributed by atoms with Crippen LogP contribution in [0.4, 0.5) is 0 Å². The van der Waals surface area contributed by atoms with E-state index in [-0.39, 0.29) is 5.60 Å². The second-order valence-corrected chi connectivity index (χ2v) is 4.98. The molecule has 0 radical (unpaired) electrons. The van der Waals surface area contributed by atoms with Crippen molar-refractivity contribution in [1.29, 1.82) is 0 Å². The Morgan fingerprint density at radius 2 is 2.20 bits per heavy atom. The molecule has 1 saturated carbocycles. The molecule has 0 bridgehead atoms. The zero-order valence-corrected chi connectivity index (χ0v) is 9.13. The molecule has 1 unspecified atom stereocenters. The smallest absolute Gasteiger partial charge is 0.127 e. The average Bonchev–Trinajstić information content (AvgIpc) is 2.14. The van der Waals surface area contributed by atoms with Crippen molar-refractivity contribution in [3.05, 3.63) is 28.8 Å². The van der Waals surface area contributed by atoms with E-state index in [0.29, 0.717) is 5.02 Å². The summed E-state index contributed by atoms with van der Waals surface area (Å²) < 4.78 is 5.96. The zero-order chi connectivity index (χ0) is 10.5. The predicted octanol–water partition coefficient (Wildman–Crippen LogP) is 3.08. The summed E-state index contributed by atoms with van der Waals surface area (Å²) in [6.45, 7) is 0. The van der Waals surface area contributed by atoms with Crippen LogP contribution >= 0.6 is 11.6 Å². The molecular weight excluding hydrogens is 212 g/mol. The average molecular weight is 225 g/mol. The van der Waals surface area contributed by atoms with Crippen molar-refractivity contribution in [2.45, 2.75) is 37.4 Å². The maximum Gasteiger partial charge on any atom is 0.127 e. The van der Waals surface area contributed by atoms with Crippen molar-refractivity contribution in [1.82, 2.24) is 0 Å². The van der Waals surface area contributed by atoms with E-state index in [1.165, 1.54) is 6.42 Å². The summed E-state index contributed by atoms with van der Waals surface area (Å²) in [6.07, 6.45) is 3.63. The molecule has 0 saturated heterocycles. The molecule has 1 atom stereocenters. The van der Waals surface area contributed by atoms with Gasteiger partial charge in [-0.2, -0.15) is 0 Å². The number of fused-ring (bicyclic) bond motifs is 1. The van der Waals surface area contributed by atoms with Gasteiger partial charge in [0.05, 0.1) is 6.10 Å². The molecule has 2 aliphatic rings. The lowest BCUT2D eigenvalue weighted by Crippen LogP contribution is -2.46. The minimum absolute atomic E-state index is 0.100. The molecule has 80 valence electrons. The summed E-state index contributed by atoms with van der Waals surface area (Å²) in [7, 11) is 0. The Morgan fingerprint density at radius 1 is 1.40 bits per heavy atom. The highest BCUT2D eigenvalue weighted by molar-refractivity contribution is 6.30. The monoisotopic (exact) mass is 224 g/mol. The van der Waals surface area contributed by atoms with Gasteiger partial charge in [0, 0.05) is 17.0 Å². The van der Waals surface area contributed by atoms with E-state index in [1.54, 1.807) is 12.1 Å². The molecule has 1 aromatic rings. The molecular formula is C12H13ClO2. The molecule has 0 amide bonds. The summed E-state index contributed by atoms with van der Waals surface area (Å²) in [5, 5.41) is 10.7. The van der Waals surface area contributed by atoms with Gasteiger partial charge < -0.3 is 9.84 Å². The number of ether oxygens (including phenoxy) is 1. The number of rotatable bonds is 0. The third-order valence-corrected chi connectivity index (χ3v) is 3.73. The number of aliphatic hydroxyl groups is 1. The number of hydrogen-bond acceptors (Lipinski definition) is 2. The lowest BCUT2D eigenvalue weighted by molar-refractivity contribution is -0.0663. The third-order valence-electron chi connectivity index (χ3n) is 3.49. The first-order chi connectivity index (χ1) is 7.19. The maximum absolute atomic E-state index is 10.0. The van der Waals surface area contributed by atoms with Crippen LogP contribution in [0.1, 0.15) is 37.4 Å². The summed E-state index contributed by atoms with van der Waals surface area (Å²) in [4.78, 5) is 0. The molecule has 2 nitrogen and oxygen atoms in total. The van der Waals surface area contributed by atoms with E-state index in [1.807, 2.05) is 6.07 Å². The Balaban J connectivity index is 2.01. The molecule has 3 heteroatoms. The van der Waals surface area contributed by atoms with Crippen molar-refractivity contribution in [3.8, 4) is 5.75 Å². The van der Waals surface area contributed by atoms with Gasteiger partial charge in [0.25, 0.3) is 0 Å². The number of benzene rings is 1. The van der Waals surface area contributed by atoms with Crippen molar-refractivity contribution >= 4 is 11.6 Å². The lowest BCUT2D eigenvalue weighted by Gasteiger charge is -2.46. The van der Waals surface area contributed by atoms with E-state index >= 15 is 0 Å². The van der Waals surface area contributed by atoms with Crippen molar-refractivity contribution in [3.63, 3.8) is 0 Å². The van der Waals surface area contributed by atoms with Gasteiger partial charge >= 0.3 is 0 Å². The maximum atomic E-state index is 10.0. The zero-order valence-electron chi connectivity index (χ0n) is 8.37. The minimum atomic E-state index is -0.397. The SMILES string of the molecule is OC1CC2(CCC2)Oc2cc(Cl)ccc21. The van der Waals surface area contributed by atoms with E-state index in [2.05, 4.69) is 0 Å². The molecule has 1 aromatic carbocycles. The second kappa shape index (κ2) is 3.13. The van der Waals surface area contributed by atoms with Crippen LogP contribution in [0, 0.1) is 0 Å².